The molecular formula is C14H15N2O5S-. The normalized spacial score (nSPS) is 29.0. The summed E-state index contributed by atoms with van der Waals surface area (Å²) >= 11 is 1.35. The smallest absolute Gasteiger partial charge is 0.287 e. The van der Waals surface area contributed by atoms with Crippen LogP contribution >= 0.6 is 11.8 Å². The van der Waals surface area contributed by atoms with Crippen LogP contribution in [0.15, 0.2) is 16.5 Å². The van der Waals surface area contributed by atoms with Crippen LogP contribution in [0.25, 0.3) is 0 Å². The molecule has 2 saturated heterocycles. The molecule has 2 fully saturated rings. The molecule has 3 heterocycles. The van der Waals surface area contributed by atoms with E-state index in [0.717, 1.165) is 0 Å². The number of aliphatic carboxylic acids is 1. The molecule has 3 atom stereocenters. The Labute approximate surface area is 131 Å². The third-order valence-electron chi connectivity index (χ3n) is 3.92. The molecule has 0 aromatic carbocycles. The largest absolute Gasteiger partial charge is 0.548 e. The first-order chi connectivity index (χ1) is 10.2. The van der Waals surface area contributed by atoms with Crippen LogP contribution < -0.4 is 10.4 Å². The van der Waals surface area contributed by atoms with Crippen LogP contribution in [0.1, 0.15) is 30.2 Å². The fraction of sp³-hybridized carbons (Fsp3) is 0.500. The van der Waals surface area contributed by atoms with Gasteiger partial charge in [0.2, 0.25) is 5.91 Å². The molecule has 22 heavy (non-hydrogen) atoms. The maximum Gasteiger partial charge on any atom is 0.287 e. The first-order valence-corrected chi connectivity index (χ1v) is 7.68. The predicted molar refractivity (Wildman–Crippen MR) is 75.8 cm³/mol. The Bertz CT molecular complexity index is 668. The van der Waals surface area contributed by atoms with E-state index in [1.54, 1.807) is 26.8 Å². The summed E-state index contributed by atoms with van der Waals surface area (Å²) in [6, 6.07) is 1.45. The maximum absolute atomic E-state index is 12.2. The number of hydrogen-bond donors (Lipinski definition) is 1. The monoisotopic (exact) mass is 323 g/mol. The summed E-state index contributed by atoms with van der Waals surface area (Å²) in [5.41, 5.74) is 0. The Morgan fingerprint density at radius 1 is 1.41 bits per heavy atom. The topological polar surface area (TPSA) is 103 Å². The van der Waals surface area contributed by atoms with Gasteiger partial charge < -0.3 is 24.5 Å². The summed E-state index contributed by atoms with van der Waals surface area (Å²) in [7, 11) is 0. The van der Waals surface area contributed by atoms with Crippen LogP contribution in [-0.4, -0.2) is 44.9 Å². The molecule has 0 bridgehead atoms. The van der Waals surface area contributed by atoms with Crippen LogP contribution in [0.2, 0.25) is 0 Å². The number of amides is 2. The minimum Gasteiger partial charge on any atom is -0.548 e. The zero-order valence-corrected chi connectivity index (χ0v) is 13.1. The SMILES string of the molecule is Cc1ccc(C(=O)N[C@@H]2C(=O)N3[C@@H]2SC(C)(C)[C@H]3C(=O)[O-])o1. The van der Waals surface area contributed by atoms with Gasteiger partial charge in [-0.25, -0.2) is 0 Å². The Balaban J connectivity index is 1.75. The van der Waals surface area contributed by atoms with Crippen molar-refractivity contribution in [2.75, 3.05) is 0 Å². The second-order valence-electron chi connectivity index (χ2n) is 5.94. The highest BCUT2D eigenvalue weighted by atomic mass is 32.2. The molecule has 7 nitrogen and oxygen atoms in total. The van der Waals surface area contributed by atoms with Crippen LogP contribution in [0.4, 0.5) is 0 Å². The van der Waals surface area contributed by atoms with E-state index in [2.05, 4.69) is 5.32 Å². The Hall–Kier alpha value is -1.96. The van der Waals surface area contributed by atoms with Crippen molar-refractivity contribution in [3.05, 3.63) is 23.7 Å². The molecule has 8 heteroatoms. The highest BCUT2D eigenvalue weighted by Gasteiger charge is 2.62. The lowest BCUT2D eigenvalue weighted by Crippen LogP contribution is -2.71. The molecule has 0 aliphatic carbocycles. The number of aryl methyl sites for hydroxylation is 1. The number of thioether (sulfide) groups is 1. The third kappa shape index (κ3) is 2.09. The van der Waals surface area contributed by atoms with Gasteiger partial charge in [0.05, 0.1) is 12.0 Å². The van der Waals surface area contributed by atoms with Gasteiger partial charge in [-0.2, -0.15) is 0 Å². The Morgan fingerprint density at radius 3 is 2.64 bits per heavy atom. The molecule has 0 radical (unpaired) electrons. The van der Waals surface area contributed by atoms with E-state index in [9.17, 15) is 19.5 Å². The number of carboxylic acids is 1. The van der Waals surface area contributed by atoms with Crippen molar-refractivity contribution in [2.45, 2.75) is 43.0 Å². The number of furan rings is 1. The van der Waals surface area contributed by atoms with Gasteiger partial charge >= 0.3 is 0 Å². The fourth-order valence-corrected chi connectivity index (χ4v) is 4.52. The van der Waals surface area contributed by atoms with Gasteiger partial charge in [0.25, 0.3) is 5.91 Å². The average Bonchev–Trinajstić information content (AvgIpc) is 2.95. The molecule has 1 aromatic rings. The highest BCUT2D eigenvalue weighted by molar-refractivity contribution is 8.01. The average molecular weight is 323 g/mol. The lowest BCUT2D eigenvalue weighted by atomic mass is 9.96. The molecule has 0 unspecified atom stereocenters. The highest BCUT2D eigenvalue weighted by Crippen LogP contribution is 2.50. The van der Waals surface area contributed by atoms with E-state index in [1.807, 2.05) is 0 Å². The van der Waals surface area contributed by atoms with Gasteiger partial charge in [0, 0.05) is 4.75 Å². The van der Waals surface area contributed by atoms with Crippen molar-refractivity contribution in [1.29, 1.82) is 0 Å². The van der Waals surface area contributed by atoms with Gasteiger partial charge in [-0.3, -0.25) is 9.59 Å². The maximum atomic E-state index is 12.2. The molecule has 2 aliphatic heterocycles. The predicted octanol–water partition coefficient (Wildman–Crippen LogP) is -0.501. The molecule has 1 N–H and O–H groups in total. The molecule has 3 rings (SSSR count). The van der Waals surface area contributed by atoms with Crippen LogP contribution in [0.5, 0.6) is 0 Å². The number of carbonyl (C=O) groups excluding carboxylic acids is 3. The number of nitrogens with one attached hydrogen (secondary N) is 1. The van der Waals surface area contributed by atoms with Crippen LogP contribution in [0, 0.1) is 6.92 Å². The number of nitrogens with zero attached hydrogens (tertiary/aromatic N) is 1. The summed E-state index contributed by atoms with van der Waals surface area (Å²) < 4.78 is 4.55. The molecular weight excluding hydrogens is 308 g/mol. The zero-order valence-electron chi connectivity index (χ0n) is 12.3. The molecule has 1 aromatic heterocycles. The van der Waals surface area contributed by atoms with E-state index < -0.39 is 40.0 Å². The summed E-state index contributed by atoms with van der Waals surface area (Å²) in [6.07, 6.45) is 0. The summed E-state index contributed by atoms with van der Waals surface area (Å²) in [4.78, 5) is 36.8. The zero-order chi connectivity index (χ0) is 16.2. The second kappa shape index (κ2) is 4.77. The van der Waals surface area contributed by atoms with Crippen molar-refractivity contribution in [1.82, 2.24) is 10.2 Å². The first kappa shape index (κ1) is 15.0. The van der Waals surface area contributed by atoms with Crippen molar-refractivity contribution in [3.8, 4) is 0 Å². The van der Waals surface area contributed by atoms with Crippen molar-refractivity contribution in [2.24, 2.45) is 0 Å². The van der Waals surface area contributed by atoms with Gasteiger partial charge in [-0.15, -0.1) is 11.8 Å². The first-order valence-electron chi connectivity index (χ1n) is 6.80. The number of rotatable bonds is 3. The quantitative estimate of drug-likeness (QED) is 0.752. The van der Waals surface area contributed by atoms with Gasteiger partial charge in [0.15, 0.2) is 5.76 Å². The molecule has 2 aliphatic rings. The molecule has 118 valence electrons. The minimum atomic E-state index is -1.28. The molecule has 0 spiro atoms. The lowest BCUT2D eigenvalue weighted by molar-refractivity contribution is -0.312. The lowest BCUT2D eigenvalue weighted by Gasteiger charge is -2.45. The summed E-state index contributed by atoms with van der Waals surface area (Å²) in [5.74, 6) is -1.45. The van der Waals surface area contributed by atoms with Crippen molar-refractivity contribution < 1.29 is 23.9 Å². The van der Waals surface area contributed by atoms with E-state index in [4.69, 9.17) is 4.42 Å². The third-order valence-corrected chi connectivity index (χ3v) is 5.49. The summed E-state index contributed by atoms with van der Waals surface area (Å²) in [5, 5.41) is 13.5. The fourth-order valence-electron chi connectivity index (χ4n) is 2.90. The molecule has 0 saturated carbocycles. The number of fused-ring (bicyclic) bond motifs is 1. The van der Waals surface area contributed by atoms with E-state index >= 15 is 0 Å². The standard InChI is InChI=1S/C14H16N2O5S/c1-6-4-5-7(21-6)10(17)15-8-11(18)16-9(13(19)20)14(2,3)22-12(8)16/h4-5,8-9,12H,1-3H3,(H,15,17)(H,19,20)/p-1/t8-,9-,12-/m1/s1. The Morgan fingerprint density at radius 2 is 2.09 bits per heavy atom. The molecule has 2 amide bonds. The number of β-lactam (4-membered cyclic amide) rings is 1. The van der Waals surface area contributed by atoms with E-state index in [1.165, 1.54) is 22.7 Å². The summed E-state index contributed by atoms with van der Waals surface area (Å²) in [6.45, 7) is 5.21. The minimum absolute atomic E-state index is 0.127. The van der Waals surface area contributed by atoms with Crippen LogP contribution in [-0.2, 0) is 9.59 Å². The van der Waals surface area contributed by atoms with Crippen molar-refractivity contribution in [3.63, 3.8) is 0 Å². The van der Waals surface area contributed by atoms with Gasteiger partial charge in [0.1, 0.15) is 17.2 Å². The number of carboxylic acid groups (broad SMARTS) is 1. The number of carbonyl (C=O) groups is 3. The van der Waals surface area contributed by atoms with Crippen LogP contribution in [0.3, 0.4) is 0 Å². The van der Waals surface area contributed by atoms with Gasteiger partial charge in [-0.1, -0.05) is 0 Å². The second-order valence-corrected chi connectivity index (χ2v) is 7.71. The van der Waals surface area contributed by atoms with Gasteiger partial charge in [-0.05, 0) is 32.9 Å². The Kier molecular flexibility index (Phi) is 3.24. The number of hydrogen-bond acceptors (Lipinski definition) is 6. The van der Waals surface area contributed by atoms with E-state index in [-0.39, 0.29) is 5.76 Å². The van der Waals surface area contributed by atoms with Crippen molar-refractivity contribution >= 4 is 29.5 Å². The van der Waals surface area contributed by atoms with E-state index in [0.29, 0.717) is 5.76 Å².